The van der Waals surface area contributed by atoms with Gasteiger partial charge in [-0.2, -0.15) is 5.26 Å². The first-order chi connectivity index (χ1) is 15.4. The summed E-state index contributed by atoms with van der Waals surface area (Å²) in [5.41, 5.74) is 7.35. The molecule has 0 saturated carbocycles. The fourth-order valence-corrected chi connectivity index (χ4v) is 2.46. The molecule has 32 heavy (non-hydrogen) atoms. The highest BCUT2D eigenvalue weighted by Gasteiger charge is 1.98. The molecule has 0 aliphatic carbocycles. The Balaban J connectivity index is 0.000000190. The van der Waals surface area contributed by atoms with E-state index in [-0.39, 0.29) is 0 Å². The molecule has 9 nitrogen and oxygen atoms in total. The van der Waals surface area contributed by atoms with E-state index in [1.54, 1.807) is 49.3 Å². The molecule has 0 aromatic carbocycles. The van der Waals surface area contributed by atoms with Crippen LogP contribution in [0.15, 0.2) is 74.9 Å². The van der Waals surface area contributed by atoms with Gasteiger partial charge in [-0.15, -0.1) is 0 Å². The highest BCUT2D eigenvalue weighted by atomic mass is 79.9. The van der Waals surface area contributed by atoms with Gasteiger partial charge in [0.15, 0.2) is 0 Å². The number of nitriles is 1. The van der Waals surface area contributed by atoms with Crippen molar-refractivity contribution < 1.29 is 0 Å². The number of halogens is 3. The summed E-state index contributed by atoms with van der Waals surface area (Å²) >= 11 is 9.70. The fourth-order valence-electron chi connectivity index (χ4n) is 1.81. The van der Waals surface area contributed by atoms with Gasteiger partial charge in [0, 0.05) is 41.2 Å². The molecule has 4 aromatic heterocycles. The van der Waals surface area contributed by atoms with Crippen molar-refractivity contribution in [3.05, 3.63) is 86.3 Å². The van der Waals surface area contributed by atoms with E-state index in [0.29, 0.717) is 17.6 Å². The molecule has 0 spiro atoms. The van der Waals surface area contributed by atoms with E-state index in [2.05, 4.69) is 83.0 Å². The molecule has 4 heterocycles. The SMILES string of the molecule is Cc1ccc(Br)cn1.N#Cc1ccc(Nc2ncc(Br)cn2)cn1.Nc1ncc(Br)cn1. The average molecular weight is 622 g/mol. The van der Waals surface area contributed by atoms with Crippen LogP contribution in [0.3, 0.4) is 0 Å². The van der Waals surface area contributed by atoms with Crippen LogP contribution in [0.25, 0.3) is 0 Å². The lowest BCUT2D eigenvalue weighted by Gasteiger charge is -2.03. The number of nitrogens with zero attached hydrogens (tertiary/aromatic N) is 7. The van der Waals surface area contributed by atoms with E-state index in [0.717, 1.165) is 24.8 Å². The molecule has 0 aliphatic rings. The first kappa shape index (κ1) is 25.3. The molecule has 4 aromatic rings. The second-order valence-electron chi connectivity index (χ2n) is 5.77. The fraction of sp³-hybridized carbons (Fsp3) is 0.0500. The highest BCUT2D eigenvalue weighted by Crippen LogP contribution is 2.13. The Hall–Kier alpha value is -3.01. The zero-order valence-corrected chi connectivity index (χ0v) is 21.4. The van der Waals surface area contributed by atoms with E-state index < -0.39 is 0 Å². The second kappa shape index (κ2) is 13.4. The zero-order valence-electron chi connectivity index (χ0n) is 16.6. The van der Waals surface area contributed by atoms with Crippen LogP contribution < -0.4 is 11.1 Å². The normalized spacial score (nSPS) is 9.34. The van der Waals surface area contributed by atoms with Crippen molar-refractivity contribution in [2.24, 2.45) is 0 Å². The van der Waals surface area contributed by atoms with Crippen LogP contribution in [0.5, 0.6) is 0 Å². The maximum absolute atomic E-state index is 8.59. The van der Waals surface area contributed by atoms with Crippen LogP contribution in [0, 0.1) is 18.3 Å². The van der Waals surface area contributed by atoms with Gasteiger partial charge >= 0.3 is 0 Å². The number of nitrogen functional groups attached to an aromatic ring is 1. The smallest absolute Gasteiger partial charge is 0.227 e. The van der Waals surface area contributed by atoms with E-state index >= 15 is 0 Å². The highest BCUT2D eigenvalue weighted by molar-refractivity contribution is 9.11. The molecule has 0 bridgehead atoms. The van der Waals surface area contributed by atoms with Crippen LogP contribution in [-0.2, 0) is 0 Å². The molecular weight excluding hydrogens is 606 g/mol. The lowest BCUT2D eigenvalue weighted by atomic mass is 10.3. The van der Waals surface area contributed by atoms with Crippen molar-refractivity contribution in [1.29, 1.82) is 5.26 Å². The quantitative estimate of drug-likeness (QED) is 0.308. The predicted molar refractivity (Wildman–Crippen MR) is 133 cm³/mol. The van der Waals surface area contributed by atoms with Crippen molar-refractivity contribution in [3.63, 3.8) is 0 Å². The Morgan fingerprint density at radius 3 is 1.78 bits per heavy atom. The summed E-state index contributed by atoms with van der Waals surface area (Å²) in [5, 5.41) is 11.6. The van der Waals surface area contributed by atoms with Gasteiger partial charge in [0.1, 0.15) is 11.8 Å². The third-order valence-corrected chi connectivity index (χ3v) is 4.56. The predicted octanol–water partition coefficient (Wildman–Crippen LogP) is 5.22. The minimum Gasteiger partial charge on any atom is -0.368 e. The molecule has 0 radical (unpaired) electrons. The summed E-state index contributed by atoms with van der Waals surface area (Å²) in [6.07, 6.45) is 9.84. The molecule has 0 aliphatic heterocycles. The number of nitrogens with one attached hydrogen (secondary N) is 1. The Kier molecular flexibility index (Phi) is 10.6. The van der Waals surface area contributed by atoms with Gasteiger partial charge in [0.05, 0.1) is 20.8 Å². The van der Waals surface area contributed by atoms with E-state index in [1.807, 2.05) is 25.1 Å². The summed E-state index contributed by atoms with van der Waals surface area (Å²) in [7, 11) is 0. The number of pyridine rings is 2. The topological polar surface area (TPSA) is 139 Å². The van der Waals surface area contributed by atoms with Gasteiger partial charge in [-0.1, -0.05) is 0 Å². The van der Waals surface area contributed by atoms with Crippen LogP contribution in [0.4, 0.5) is 17.6 Å². The first-order valence-corrected chi connectivity index (χ1v) is 11.2. The van der Waals surface area contributed by atoms with Crippen LogP contribution in [-0.4, -0.2) is 29.9 Å². The molecule has 0 saturated heterocycles. The van der Waals surface area contributed by atoms with Crippen molar-refractivity contribution in [2.45, 2.75) is 6.92 Å². The van der Waals surface area contributed by atoms with Crippen LogP contribution >= 0.6 is 47.8 Å². The molecule has 162 valence electrons. The Labute approximate surface area is 210 Å². The Morgan fingerprint density at radius 2 is 1.34 bits per heavy atom. The molecule has 3 N–H and O–H groups in total. The van der Waals surface area contributed by atoms with E-state index in [4.69, 9.17) is 11.0 Å². The van der Waals surface area contributed by atoms with E-state index in [9.17, 15) is 0 Å². The monoisotopic (exact) mass is 619 g/mol. The van der Waals surface area contributed by atoms with Gasteiger partial charge < -0.3 is 11.1 Å². The zero-order chi connectivity index (χ0) is 23.3. The minimum atomic E-state index is 0.299. The third-order valence-electron chi connectivity index (χ3n) is 3.27. The summed E-state index contributed by atoms with van der Waals surface area (Å²) < 4.78 is 2.69. The van der Waals surface area contributed by atoms with Crippen molar-refractivity contribution >= 4 is 65.4 Å². The van der Waals surface area contributed by atoms with Gasteiger partial charge in [-0.3, -0.25) is 4.98 Å². The van der Waals surface area contributed by atoms with Gasteiger partial charge in [0.2, 0.25) is 11.9 Å². The third kappa shape index (κ3) is 9.86. The largest absolute Gasteiger partial charge is 0.368 e. The summed E-state index contributed by atoms with van der Waals surface area (Å²) in [4.78, 5) is 23.5. The standard InChI is InChI=1S/C10H6BrN5.C6H6BrN.C4H4BrN3/c11-7-4-14-10(15-5-7)16-9-2-1-8(3-12)13-6-9;1-5-2-3-6(7)4-8-5;5-3-1-7-4(6)8-2-3/h1-2,4-6H,(H,14,15,16);2-4H,1H3;1-2H,(H2,6,7,8). The first-order valence-electron chi connectivity index (χ1n) is 8.77. The maximum atomic E-state index is 8.59. The van der Waals surface area contributed by atoms with Crippen LogP contribution in [0.1, 0.15) is 11.4 Å². The van der Waals surface area contributed by atoms with Gasteiger partial charge in [0.25, 0.3) is 0 Å². The van der Waals surface area contributed by atoms with Gasteiger partial charge in [-0.25, -0.2) is 24.9 Å². The number of aromatic nitrogens is 6. The molecule has 0 atom stereocenters. The number of hydrogen-bond donors (Lipinski definition) is 2. The van der Waals surface area contributed by atoms with Crippen molar-refractivity contribution in [2.75, 3.05) is 11.1 Å². The molecule has 0 unspecified atom stereocenters. The molecular formula is C20H16Br3N9. The van der Waals surface area contributed by atoms with E-state index in [1.165, 1.54) is 0 Å². The lowest BCUT2D eigenvalue weighted by Crippen LogP contribution is -1.96. The minimum absolute atomic E-state index is 0.299. The average Bonchev–Trinajstić information content (AvgIpc) is 2.81. The summed E-state index contributed by atoms with van der Waals surface area (Å²) in [5.74, 6) is 0.780. The Bertz CT molecular complexity index is 1040. The molecule has 0 fully saturated rings. The van der Waals surface area contributed by atoms with Gasteiger partial charge in [-0.05, 0) is 79.0 Å². The number of rotatable bonds is 2. The number of aryl methyl sites for hydroxylation is 1. The van der Waals surface area contributed by atoms with Crippen LogP contribution in [0.2, 0.25) is 0 Å². The maximum Gasteiger partial charge on any atom is 0.227 e. The number of anilines is 3. The lowest BCUT2D eigenvalue weighted by molar-refractivity contribution is 1.14. The molecule has 0 amide bonds. The van der Waals surface area contributed by atoms with Crippen molar-refractivity contribution in [3.8, 4) is 6.07 Å². The van der Waals surface area contributed by atoms with Crippen molar-refractivity contribution in [1.82, 2.24) is 29.9 Å². The number of hydrogen-bond acceptors (Lipinski definition) is 9. The summed E-state index contributed by atoms with van der Waals surface area (Å²) in [6, 6.07) is 9.26. The molecule has 12 heteroatoms. The molecule has 4 rings (SSSR count). The number of nitrogens with two attached hydrogens (primary N) is 1. The second-order valence-corrected chi connectivity index (χ2v) is 8.52. The summed E-state index contributed by atoms with van der Waals surface area (Å²) in [6.45, 7) is 1.96. The Morgan fingerprint density at radius 1 is 0.750 bits per heavy atom.